The molecule has 0 saturated heterocycles. The second kappa shape index (κ2) is 6.04. The van der Waals surface area contributed by atoms with Gasteiger partial charge < -0.3 is 15.8 Å². The van der Waals surface area contributed by atoms with Crippen LogP contribution in [0, 0.1) is 0 Å². The molecule has 1 atom stereocenters. The fourth-order valence-corrected chi connectivity index (χ4v) is 2.92. The Bertz CT molecular complexity index is 580. The number of benzene rings is 1. The summed E-state index contributed by atoms with van der Waals surface area (Å²) in [6.07, 6.45) is 0.785. The number of carbonyl (C=O) groups is 1. The Kier molecular flexibility index (Phi) is 4.39. The van der Waals surface area contributed by atoms with E-state index in [2.05, 4.69) is 5.32 Å². The molecule has 0 spiro atoms. The van der Waals surface area contributed by atoms with Crippen LogP contribution in [-0.4, -0.2) is 25.7 Å². The summed E-state index contributed by atoms with van der Waals surface area (Å²) < 4.78 is 6.03. The molecule has 1 unspecified atom stereocenters. The van der Waals surface area contributed by atoms with E-state index in [1.54, 1.807) is 7.11 Å². The number of carbonyl (C=O) groups excluding carboxylic acids is 1. The molecule has 1 amide bonds. The first-order valence-corrected chi connectivity index (χ1v) is 7.02. The van der Waals surface area contributed by atoms with E-state index in [-0.39, 0.29) is 11.9 Å². The number of hydrogen-bond acceptors (Lipinski definition) is 4. The van der Waals surface area contributed by atoms with Crippen LogP contribution in [0.3, 0.4) is 0 Å². The Morgan fingerprint density at radius 1 is 1.47 bits per heavy atom. The lowest BCUT2D eigenvalue weighted by atomic mass is 10.2. The van der Waals surface area contributed by atoms with Gasteiger partial charge in [-0.3, -0.25) is 4.79 Å². The highest BCUT2D eigenvalue weighted by atomic mass is 32.1. The molecule has 0 aliphatic carbocycles. The van der Waals surface area contributed by atoms with Gasteiger partial charge in [-0.1, -0.05) is 18.2 Å². The van der Waals surface area contributed by atoms with Crippen molar-refractivity contribution < 1.29 is 9.53 Å². The summed E-state index contributed by atoms with van der Waals surface area (Å²) in [5, 5.41) is 3.89. The third-order valence-electron chi connectivity index (χ3n) is 2.97. The third-order valence-corrected chi connectivity index (χ3v) is 4.16. The van der Waals surface area contributed by atoms with Crippen molar-refractivity contribution in [3.63, 3.8) is 0 Å². The minimum atomic E-state index is -0.109. The molecule has 0 bridgehead atoms. The number of hydrogen-bond donors (Lipinski definition) is 2. The molecular weight excluding hydrogens is 260 g/mol. The van der Waals surface area contributed by atoms with Crippen LogP contribution in [0.5, 0.6) is 0 Å². The summed E-state index contributed by atoms with van der Waals surface area (Å²) in [6.45, 7) is 2.59. The van der Waals surface area contributed by atoms with Crippen LogP contribution >= 0.6 is 11.3 Å². The number of nitrogen functional groups attached to an aromatic ring is 1. The summed E-state index contributed by atoms with van der Waals surface area (Å²) in [6, 6.07) is 7.85. The number of fused-ring (bicyclic) bond motifs is 1. The molecule has 0 radical (unpaired) electrons. The fraction of sp³-hybridized carbons (Fsp3) is 0.357. The summed E-state index contributed by atoms with van der Waals surface area (Å²) in [4.78, 5) is 12.8. The van der Waals surface area contributed by atoms with Gasteiger partial charge in [0.2, 0.25) is 0 Å². The van der Waals surface area contributed by atoms with E-state index in [0.717, 1.165) is 16.5 Å². The van der Waals surface area contributed by atoms with Gasteiger partial charge in [0.1, 0.15) is 4.88 Å². The highest BCUT2D eigenvalue weighted by Gasteiger charge is 2.17. The second-order valence-electron chi connectivity index (χ2n) is 4.50. The van der Waals surface area contributed by atoms with Crippen LogP contribution in [0.1, 0.15) is 23.0 Å². The summed E-state index contributed by atoms with van der Waals surface area (Å²) in [7, 11) is 1.65. The van der Waals surface area contributed by atoms with Gasteiger partial charge in [0.15, 0.2) is 0 Å². The summed E-state index contributed by atoms with van der Waals surface area (Å²) >= 11 is 1.43. The lowest BCUT2D eigenvalue weighted by molar-refractivity contribution is 0.0934. The van der Waals surface area contributed by atoms with Crippen LogP contribution in [0.15, 0.2) is 24.3 Å². The number of ether oxygens (including phenoxy) is 1. The molecule has 0 aliphatic heterocycles. The van der Waals surface area contributed by atoms with Gasteiger partial charge in [0.25, 0.3) is 5.91 Å². The van der Waals surface area contributed by atoms with Crippen LogP contribution in [0.4, 0.5) is 5.69 Å². The van der Waals surface area contributed by atoms with Crippen molar-refractivity contribution in [1.29, 1.82) is 0 Å². The molecule has 0 saturated carbocycles. The normalized spacial score (nSPS) is 12.5. The largest absolute Gasteiger partial charge is 0.397 e. The molecule has 5 heteroatoms. The lowest BCUT2D eigenvalue weighted by Gasteiger charge is -2.12. The van der Waals surface area contributed by atoms with Crippen LogP contribution < -0.4 is 11.1 Å². The van der Waals surface area contributed by atoms with E-state index in [0.29, 0.717) is 17.2 Å². The van der Waals surface area contributed by atoms with Gasteiger partial charge in [-0.2, -0.15) is 0 Å². The monoisotopic (exact) mass is 278 g/mol. The number of nitrogens with one attached hydrogen (secondary N) is 1. The van der Waals surface area contributed by atoms with Gasteiger partial charge in [-0.25, -0.2) is 0 Å². The van der Waals surface area contributed by atoms with E-state index in [9.17, 15) is 4.79 Å². The zero-order valence-corrected chi connectivity index (χ0v) is 11.9. The SMILES string of the molecule is COCCC(C)NC(=O)c1sc2ccccc2c1N. The van der Waals surface area contributed by atoms with Gasteiger partial charge in [0, 0.05) is 29.8 Å². The topological polar surface area (TPSA) is 64.3 Å². The Labute approximate surface area is 116 Å². The molecule has 102 valence electrons. The predicted molar refractivity (Wildman–Crippen MR) is 79.7 cm³/mol. The molecule has 0 fully saturated rings. The molecule has 0 aliphatic rings. The maximum absolute atomic E-state index is 12.2. The first-order valence-electron chi connectivity index (χ1n) is 6.20. The van der Waals surface area contributed by atoms with Gasteiger partial charge in [0.05, 0.1) is 5.69 Å². The van der Waals surface area contributed by atoms with Crippen molar-refractivity contribution in [2.24, 2.45) is 0 Å². The van der Waals surface area contributed by atoms with Gasteiger partial charge >= 0.3 is 0 Å². The summed E-state index contributed by atoms with van der Waals surface area (Å²) in [5.74, 6) is -0.109. The lowest BCUT2D eigenvalue weighted by Crippen LogP contribution is -2.33. The molecule has 1 aromatic heterocycles. The first kappa shape index (κ1) is 13.8. The summed E-state index contributed by atoms with van der Waals surface area (Å²) in [5.41, 5.74) is 6.61. The molecule has 2 aromatic rings. The van der Waals surface area contributed by atoms with E-state index in [1.165, 1.54) is 11.3 Å². The zero-order chi connectivity index (χ0) is 13.8. The number of anilines is 1. The van der Waals surface area contributed by atoms with E-state index >= 15 is 0 Å². The second-order valence-corrected chi connectivity index (χ2v) is 5.55. The molecule has 1 heterocycles. The maximum Gasteiger partial charge on any atom is 0.263 e. The number of amides is 1. The van der Waals surface area contributed by atoms with Crippen molar-refractivity contribution >= 4 is 33.0 Å². The number of thiophene rings is 1. The number of rotatable bonds is 5. The third kappa shape index (κ3) is 3.05. The number of methoxy groups -OCH3 is 1. The Balaban J connectivity index is 2.15. The fourth-order valence-electron chi connectivity index (χ4n) is 1.89. The Morgan fingerprint density at radius 2 is 2.21 bits per heavy atom. The molecule has 2 rings (SSSR count). The van der Waals surface area contributed by atoms with E-state index < -0.39 is 0 Å². The van der Waals surface area contributed by atoms with Crippen molar-refractivity contribution in [3.05, 3.63) is 29.1 Å². The molecular formula is C14H18N2O2S. The van der Waals surface area contributed by atoms with Gasteiger partial charge in [-0.05, 0) is 19.4 Å². The zero-order valence-electron chi connectivity index (χ0n) is 11.1. The minimum Gasteiger partial charge on any atom is -0.397 e. The number of nitrogens with two attached hydrogens (primary N) is 1. The maximum atomic E-state index is 12.2. The van der Waals surface area contributed by atoms with Crippen molar-refractivity contribution in [1.82, 2.24) is 5.32 Å². The average Bonchev–Trinajstić information content (AvgIpc) is 2.74. The van der Waals surface area contributed by atoms with E-state index in [1.807, 2.05) is 31.2 Å². The average molecular weight is 278 g/mol. The van der Waals surface area contributed by atoms with Crippen LogP contribution in [0.25, 0.3) is 10.1 Å². The highest BCUT2D eigenvalue weighted by Crippen LogP contribution is 2.33. The van der Waals surface area contributed by atoms with Crippen LogP contribution in [-0.2, 0) is 4.74 Å². The first-order chi connectivity index (χ1) is 9.13. The molecule has 4 nitrogen and oxygen atoms in total. The Hall–Kier alpha value is -1.59. The minimum absolute atomic E-state index is 0.0667. The molecule has 3 N–H and O–H groups in total. The molecule has 19 heavy (non-hydrogen) atoms. The highest BCUT2D eigenvalue weighted by molar-refractivity contribution is 7.21. The van der Waals surface area contributed by atoms with Crippen molar-refractivity contribution in [2.45, 2.75) is 19.4 Å². The van der Waals surface area contributed by atoms with Gasteiger partial charge in [-0.15, -0.1) is 11.3 Å². The van der Waals surface area contributed by atoms with Crippen molar-refractivity contribution in [3.8, 4) is 0 Å². The predicted octanol–water partition coefficient (Wildman–Crippen LogP) is 2.64. The van der Waals surface area contributed by atoms with Crippen LogP contribution in [0.2, 0.25) is 0 Å². The molecule has 1 aromatic carbocycles. The quantitative estimate of drug-likeness (QED) is 0.883. The standard InChI is InChI=1S/C14H18N2O2S/c1-9(7-8-18-2)16-14(17)13-12(15)10-5-3-4-6-11(10)19-13/h3-6,9H,7-8,15H2,1-2H3,(H,16,17). The smallest absolute Gasteiger partial charge is 0.263 e. The van der Waals surface area contributed by atoms with E-state index in [4.69, 9.17) is 10.5 Å². The Morgan fingerprint density at radius 3 is 2.89 bits per heavy atom. The van der Waals surface area contributed by atoms with Crippen molar-refractivity contribution in [2.75, 3.05) is 19.5 Å².